The number of carbonyl (C=O) groups excluding carboxylic acids is 1. The Hall–Kier alpha value is -4.37. The molecule has 0 aliphatic heterocycles. The van der Waals surface area contributed by atoms with Gasteiger partial charge in [0.2, 0.25) is 0 Å². The minimum Gasteiger partial charge on any atom is -0.496 e. The Morgan fingerprint density at radius 3 is 1.67 bits per heavy atom. The number of ether oxygens (including phenoxy) is 2. The second-order valence-corrected chi connectivity index (χ2v) is 11.2. The smallest absolute Gasteiger partial charge is 0.308 e. The van der Waals surface area contributed by atoms with E-state index in [9.17, 15) is 4.79 Å². The van der Waals surface area contributed by atoms with E-state index < -0.39 is 0 Å². The van der Waals surface area contributed by atoms with Crippen LogP contribution in [0.3, 0.4) is 0 Å². The molecular formula is C39H40O3. The highest BCUT2D eigenvalue weighted by Gasteiger charge is 2.38. The second kappa shape index (κ2) is 13.1. The average Bonchev–Trinajstić information content (AvgIpc) is 3.02. The Morgan fingerprint density at radius 1 is 0.738 bits per heavy atom. The van der Waals surface area contributed by atoms with Gasteiger partial charge in [0, 0.05) is 23.5 Å². The molecule has 42 heavy (non-hydrogen) atoms. The molecule has 214 valence electrons. The number of rotatable bonds is 10. The third-order valence-corrected chi connectivity index (χ3v) is 8.49. The maximum atomic E-state index is 12.3. The summed E-state index contributed by atoms with van der Waals surface area (Å²) in [7, 11) is 1.76. The van der Waals surface area contributed by atoms with Crippen LogP contribution in [0.4, 0.5) is 0 Å². The highest BCUT2D eigenvalue weighted by atomic mass is 16.5. The van der Waals surface area contributed by atoms with E-state index in [0.717, 1.165) is 71.2 Å². The molecule has 0 atom stereocenters. The van der Waals surface area contributed by atoms with Crippen molar-refractivity contribution in [3.05, 3.63) is 132 Å². The Balaban J connectivity index is 1.82. The molecule has 0 unspecified atom stereocenters. The van der Waals surface area contributed by atoms with Crippen LogP contribution in [-0.4, -0.2) is 13.1 Å². The first kappa shape index (κ1) is 29.1. The van der Waals surface area contributed by atoms with Crippen LogP contribution in [0.15, 0.2) is 110 Å². The van der Waals surface area contributed by atoms with Crippen LogP contribution in [0.1, 0.15) is 61.3 Å². The van der Waals surface area contributed by atoms with Crippen molar-refractivity contribution in [1.82, 2.24) is 0 Å². The third kappa shape index (κ3) is 5.83. The fraction of sp³-hybridized carbons (Fsp3) is 0.256. The molecule has 5 rings (SSSR count). The van der Waals surface area contributed by atoms with E-state index >= 15 is 0 Å². The van der Waals surface area contributed by atoms with Crippen LogP contribution in [0.2, 0.25) is 0 Å². The van der Waals surface area contributed by atoms with Crippen molar-refractivity contribution in [1.29, 1.82) is 0 Å². The van der Waals surface area contributed by atoms with Gasteiger partial charge in [-0.25, -0.2) is 0 Å². The molecule has 1 aliphatic rings. The lowest BCUT2D eigenvalue weighted by atomic mass is 9.64. The van der Waals surface area contributed by atoms with Gasteiger partial charge in [0.05, 0.1) is 7.11 Å². The standard InChI is InChI=1S/C39H40O3/c1-5-16-31-24-33(26-35(37(31)41-4)29-18-10-7-11-19-29)39(22-14-9-15-23-39)34-25-32(17-6-2)38(42-28(3)40)36(27-34)30-20-12-8-13-21-30/h5-8,10-13,18-21,24-27H,1-2,9,14-17,22-23H2,3-4H3. The maximum Gasteiger partial charge on any atom is 0.308 e. The molecule has 3 nitrogen and oxygen atoms in total. The maximum absolute atomic E-state index is 12.3. The van der Waals surface area contributed by atoms with E-state index in [1.165, 1.54) is 24.5 Å². The number of benzene rings is 4. The minimum atomic E-state index is -0.325. The molecule has 0 saturated heterocycles. The highest BCUT2D eigenvalue weighted by Crippen LogP contribution is 2.50. The van der Waals surface area contributed by atoms with E-state index in [4.69, 9.17) is 9.47 Å². The monoisotopic (exact) mass is 556 g/mol. The molecule has 0 heterocycles. The topological polar surface area (TPSA) is 35.5 Å². The highest BCUT2D eigenvalue weighted by molar-refractivity contribution is 5.80. The summed E-state index contributed by atoms with van der Waals surface area (Å²) >= 11 is 0. The van der Waals surface area contributed by atoms with Crippen molar-refractivity contribution in [2.45, 2.75) is 57.3 Å². The summed E-state index contributed by atoms with van der Waals surface area (Å²) < 4.78 is 11.9. The first-order valence-electron chi connectivity index (χ1n) is 14.9. The molecule has 0 spiro atoms. The third-order valence-electron chi connectivity index (χ3n) is 8.49. The molecule has 3 heteroatoms. The zero-order chi connectivity index (χ0) is 29.5. The Kier molecular flexibility index (Phi) is 9.07. The number of hydrogen-bond donors (Lipinski definition) is 0. The molecule has 1 fully saturated rings. The van der Waals surface area contributed by atoms with Crippen molar-refractivity contribution >= 4 is 5.97 Å². The van der Waals surface area contributed by atoms with Gasteiger partial charge in [-0.3, -0.25) is 4.79 Å². The van der Waals surface area contributed by atoms with E-state index in [2.05, 4.69) is 73.8 Å². The first-order chi connectivity index (χ1) is 20.5. The van der Waals surface area contributed by atoms with E-state index in [1.54, 1.807) is 7.11 Å². The summed E-state index contributed by atoms with van der Waals surface area (Å²) in [6.07, 6.45) is 10.7. The number of esters is 1. The average molecular weight is 557 g/mol. The van der Waals surface area contributed by atoms with Gasteiger partial charge in [0.1, 0.15) is 11.5 Å². The second-order valence-electron chi connectivity index (χ2n) is 11.2. The molecule has 1 saturated carbocycles. The van der Waals surface area contributed by atoms with Gasteiger partial charge in [0.15, 0.2) is 0 Å². The molecule has 0 radical (unpaired) electrons. The van der Waals surface area contributed by atoms with Crippen LogP contribution < -0.4 is 9.47 Å². The fourth-order valence-corrected chi connectivity index (χ4v) is 6.61. The summed E-state index contributed by atoms with van der Waals surface area (Å²) in [5.41, 5.74) is 8.65. The van der Waals surface area contributed by atoms with Crippen molar-refractivity contribution in [3.63, 3.8) is 0 Å². The van der Waals surface area contributed by atoms with Crippen LogP contribution in [0.25, 0.3) is 22.3 Å². The number of carbonyl (C=O) groups is 1. The van der Waals surface area contributed by atoms with Crippen LogP contribution >= 0.6 is 0 Å². The van der Waals surface area contributed by atoms with Crippen molar-refractivity contribution < 1.29 is 14.3 Å². The number of hydrogen-bond acceptors (Lipinski definition) is 3. The van der Waals surface area contributed by atoms with Crippen LogP contribution in [0, 0.1) is 0 Å². The van der Waals surface area contributed by atoms with Gasteiger partial charge in [0.25, 0.3) is 0 Å². The van der Waals surface area contributed by atoms with Crippen LogP contribution in [-0.2, 0) is 23.1 Å². The van der Waals surface area contributed by atoms with E-state index in [-0.39, 0.29) is 11.4 Å². The molecule has 0 N–H and O–H groups in total. The van der Waals surface area contributed by atoms with Crippen molar-refractivity contribution in [2.24, 2.45) is 0 Å². The van der Waals surface area contributed by atoms with Gasteiger partial charge in [-0.05, 0) is 71.2 Å². The zero-order valence-corrected chi connectivity index (χ0v) is 24.8. The Morgan fingerprint density at radius 2 is 1.21 bits per heavy atom. The van der Waals surface area contributed by atoms with E-state index in [1.807, 2.05) is 36.4 Å². The fourth-order valence-electron chi connectivity index (χ4n) is 6.61. The normalized spacial score (nSPS) is 14.1. The molecule has 0 aromatic heterocycles. The lowest BCUT2D eigenvalue weighted by Gasteiger charge is -2.40. The van der Waals surface area contributed by atoms with Crippen LogP contribution in [0.5, 0.6) is 11.5 Å². The van der Waals surface area contributed by atoms with E-state index in [0.29, 0.717) is 12.2 Å². The summed E-state index contributed by atoms with van der Waals surface area (Å²) in [6.45, 7) is 9.55. The van der Waals surface area contributed by atoms with Crippen molar-refractivity contribution in [2.75, 3.05) is 7.11 Å². The molecule has 4 aromatic rings. The van der Waals surface area contributed by atoms with Gasteiger partial charge < -0.3 is 9.47 Å². The summed E-state index contributed by atoms with van der Waals surface area (Å²) in [6, 6.07) is 29.9. The minimum absolute atomic E-state index is 0.210. The SMILES string of the molecule is C=CCc1cc(C2(c3cc(CC=C)c(OC(C)=O)c(-c4ccccc4)c3)CCCCC2)cc(-c2ccccc2)c1OC. The van der Waals surface area contributed by atoms with Crippen molar-refractivity contribution in [3.8, 4) is 33.8 Å². The zero-order valence-electron chi connectivity index (χ0n) is 24.8. The number of methoxy groups -OCH3 is 1. The predicted octanol–water partition coefficient (Wildman–Crippen LogP) is 9.66. The summed E-state index contributed by atoms with van der Waals surface area (Å²) in [5.74, 6) is 1.20. The summed E-state index contributed by atoms with van der Waals surface area (Å²) in [5, 5.41) is 0. The lowest BCUT2D eigenvalue weighted by Crippen LogP contribution is -2.31. The molecule has 1 aliphatic carbocycles. The van der Waals surface area contributed by atoms with Gasteiger partial charge in [-0.2, -0.15) is 0 Å². The molecule has 4 aromatic carbocycles. The van der Waals surface area contributed by atoms with Gasteiger partial charge in [-0.1, -0.05) is 104 Å². The van der Waals surface area contributed by atoms with Gasteiger partial charge >= 0.3 is 5.97 Å². The Bertz CT molecular complexity index is 1560. The molecule has 0 amide bonds. The number of allylic oxidation sites excluding steroid dienone is 2. The first-order valence-corrected chi connectivity index (χ1v) is 14.9. The summed E-state index contributed by atoms with van der Waals surface area (Å²) in [4.78, 5) is 12.3. The largest absolute Gasteiger partial charge is 0.496 e. The quantitative estimate of drug-likeness (QED) is 0.111. The predicted molar refractivity (Wildman–Crippen MR) is 173 cm³/mol. The van der Waals surface area contributed by atoms with Gasteiger partial charge in [-0.15, -0.1) is 13.2 Å². The lowest BCUT2D eigenvalue weighted by molar-refractivity contribution is -0.131. The molecule has 0 bridgehead atoms. The Labute approximate surface area is 250 Å². The molecular weight excluding hydrogens is 516 g/mol.